The Morgan fingerprint density at radius 1 is 1.03 bits per heavy atom. The number of hydrogen-bond donors (Lipinski definition) is 0. The van der Waals surface area contributed by atoms with Gasteiger partial charge in [0.05, 0.1) is 42.0 Å². The van der Waals surface area contributed by atoms with Gasteiger partial charge in [-0.3, -0.25) is 9.67 Å². The van der Waals surface area contributed by atoms with Gasteiger partial charge in [0.1, 0.15) is 15.3 Å². The van der Waals surface area contributed by atoms with Crippen LogP contribution in [0.3, 0.4) is 0 Å². The number of aromatic nitrogens is 5. The van der Waals surface area contributed by atoms with Crippen LogP contribution in [-0.4, -0.2) is 44.8 Å². The number of benzene rings is 1. The fraction of sp³-hybridized carbons (Fsp3) is 0.360. The highest BCUT2D eigenvalue weighted by Gasteiger charge is 2.38. The quantitative estimate of drug-likeness (QED) is 0.418. The van der Waals surface area contributed by atoms with Crippen molar-refractivity contribution < 1.29 is 8.42 Å². The molecule has 5 rings (SSSR count). The summed E-state index contributed by atoms with van der Waals surface area (Å²) in [4.78, 5) is 4.70. The molecule has 34 heavy (non-hydrogen) atoms. The highest BCUT2D eigenvalue weighted by molar-refractivity contribution is 7.90. The molecule has 0 atom stereocenters. The Hall–Kier alpha value is -3.51. The Bertz CT molecular complexity index is 1470. The van der Waals surface area contributed by atoms with E-state index in [9.17, 15) is 13.7 Å². The molecule has 0 radical (unpaired) electrons. The van der Waals surface area contributed by atoms with Crippen LogP contribution in [0.2, 0.25) is 0 Å². The van der Waals surface area contributed by atoms with E-state index >= 15 is 0 Å². The van der Waals surface area contributed by atoms with Crippen LogP contribution in [0.1, 0.15) is 37.8 Å². The van der Waals surface area contributed by atoms with E-state index in [1.54, 1.807) is 17.1 Å². The number of nitriles is 1. The molecule has 0 aliphatic heterocycles. The number of nitrogens with zero attached hydrogens (tertiary/aromatic N) is 6. The van der Waals surface area contributed by atoms with Gasteiger partial charge in [-0.15, -0.1) is 0 Å². The molecule has 0 N–H and O–H groups in total. The maximum Gasteiger partial charge on any atom is 0.149 e. The molecular weight excluding hydrogens is 448 g/mol. The largest absolute Gasteiger partial charge is 0.271 e. The zero-order valence-electron chi connectivity index (χ0n) is 19.1. The molecule has 0 unspecified atom stereocenters. The number of aryl methyl sites for hydroxylation is 1. The van der Waals surface area contributed by atoms with E-state index in [1.807, 2.05) is 47.4 Å². The van der Waals surface area contributed by atoms with Crippen molar-refractivity contribution in [3.8, 4) is 28.3 Å². The molecule has 1 aliphatic rings. The average Bonchev–Trinajstić information content (AvgIpc) is 3.50. The van der Waals surface area contributed by atoms with Gasteiger partial charge in [-0.1, -0.05) is 43.5 Å². The Kier molecular flexibility index (Phi) is 5.70. The van der Waals surface area contributed by atoms with Crippen LogP contribution >= 0.6 is 0 Å². The van der Waals surface area contributed by atoms with E-state index in [0.717, 1.165) is 65.6 Å². The van der Waals surface area contributed by atoms with Crippen molar-refractivity contribution in [3.63, 3.8) is 0 Å². The van der Waals surface area contributed by atoms with Crippen molar-refractivity contribution in [2.24, 2.45) is 0 Å². The van der Waals surface area contributed by atoms with E-state index in [0.29, 0.717) is 6.54 Å². The number of rotatable bonds is 6. The van der Waals surface area contributed by atoms with Crippen LogP contribution in [0.5, 0.6) is 0 Å². The molecule has 0 amide bonds. The highest BCUT2D eigenvalue weighted by Crippen LogP contribution is 2.41. The average molecular weight is 475 g/mol. The van der Waals surface area contributed by atoms with Gasteiger partial charge in [0, 0.05) is 36.0 Å². The first-order valence-electron chi connectivity index (χ1n) is 11.4. The lowest BCUT2D eigenvalue weighted by Crippen LogP contribution is -2.29. The maximum absolute atomic E-state index is 11.4. The Balaban J connectivity index is 1.48. The zero-order chi connectivity index (χ0) is 23.8. The van der Waals surface area contributed by atoms with Crippen molar-refractivity contribution in [3.05, 3.63) is 60.9 Å². The molecule has 1 fully saturated rings. The third-order valence-electron chi connectivity index (χ3n) is 6.66. The minimum Gasteiger partial charge on any atom is -0.271 e. The molecule has 0 spiro atoms. The number of sulfone groups is 1. The summed E-state index contributed by atoms with van der Waals surface area (Å²) in [5.41, 5.74) is 5.02. The molecule has 4 aromatic rings. The van der Waals surface area contributed by atoms with E-state index in [-0.39, 0.29) is 5.75 Å². The molecule has 0 bridgehead atoms. The molecule has 1 aromatic carbocycles. The van der Waals surface area contributed by atoms with Crippen molar-refractivity contribution in [1.29, 1.82) is 5.26 Å². The fourth-order valence-electron chi connectivity index (χ4n) is 4.80. The summed E-state index contributed by atoms with van der Waals surface area (Å²) in [7, 11) is -3.04. The zero-order valence-corrected chi connectivity index (χ0v) is 19.9. The van der Waals surface area contributed by atoms with Gasteiger partial charge >= 0.3 is 0 Å². The topological polar surface area (TPSA) is 106 Å². The first-order chi connectivity index (χ1) is 16.4. The van der Waals surface area contributed by atoms with Crippen LogP contribution in [-0.2, 0) is 21.8 Å². The van der Waals surface area contributed by atoms with Crippen molar-refractivity contribution in [2.45, 2.75) is 44.1 Å². The first kappa shape index (κ1) is 22.3. The normalized spacial score (nSPS) is 15.9. The minimum atomic E-state index is -3.04. The first-order valence-corrected chi connectivity index (χ1v) is 13.5. The molecule has 174 valence electrons. The second kappa shape index (κ2) is 8.69. The highest BCUT2D eigenvalue weighted by atomic mass is 32.2. The molecule has 1 aliphatic carbocycles. The van der Waals surface area contributed by atoms with Gasteiger partial charge in [-0.05, 0) is 24.0 Å². The van der Waals surface area contributed by atoms with Gasteiger partial charge in [0.2, 0.25) is 0 Å². The summed E-state index contributed by atoms with van der Waals surface area (Å²) in [6, 6.07) is 10.7. The third-order valence-corrected chi connectivity index (χ3v) is 7.58. The summed E-state index contributed by atoms with van der Waals surface area (Å²) in [5.74, 6) is 0.0579. The molecule has 3 aromatic heterocycles. The Morgan fingerprint density at radius 3 is 2.47 bits per heavy atom. The van der Waals surface area contributed by atoms with Gasteiger partial charge in [0.15, 0.2) is 0 Å². The van der Waals surface area contributed by atoms with E-state index < -0.39 is 15.3 Å². The summed E-state index contributed by atoms with van der Waals surface area (Å²) < 4.78 is 26.3. The SMILES string of the molecule is CS(=O)(=O)CCn1cc(-c2ccc(-c3cnn4ccnc(C5(C#N)CCCCC5)c34)cc2)cn1. The third kappa shape index (κ3) is 4.21. The lowest BCUT2D eigenvalue weighted by atomic mass is 9.72. The summed E-state index contributed by atoms with van der Waals surface area (Å²) in [5, 5.41) is 19.0. The van der Waals surface area contributed by atoms with Crippen molar-refractivity contribution >= 4 is 15.4 Å². The second-order valence-corrected chi connectivity index (χ2v) is 11.3. The van der Waals surface area contributed by atoms with Gasteiger partial charge in [-0.2, -0.15) is 15.5 Å². The van der Waals surface area contributed by atoms with E-state index in [4.69, 9.17) is 4.98 Å². The van der Waals surface area contributed by atoms with Crippen LogP contribution in [0.4, 0.5) is 0 Å². The van der Waals surface area contributed by atoms with Crippen LogP contribution in [0, 0.1) is 11.3 Å². The van der Waals surface area contributed by atoms with Crippen molar-refractivity contribution in [2.75, 3.05) is 12.0 Å². The van der Waals surface area contributed by atoms with Gasteiger partial charge in [0.25, 0.3) is 0 Å². The standard InChI is InChI=1S/C25H26N6O2S/c1-34(32,33)14-13-30-17-21(15-28-30)19-5-7-20(8-6-19)22-16-29-31-12-11-27-24(23(22)31)25(18-26)9-3-2-4-10-25/h5-8,11-12,15-17H,2-4,9-10,13-14H2,1H3. The summed E-state index contributed by atoms with van der Waals surface area (Å²) in [6.07, 6.45) is 15.1. The van der Waals surface area contributed by atoms with Gasteiger partial charge < -0.3 is 0 Å². The Morgan fingerprint density at radius 2 is 1.76 bits per heavy atom. The number of fused-ring (bicyclic) bond motifs is 1. The second-order valence-electron chi connectivity index (χ2n) is 9.08. The monoisotopic (exact) mass is 474 g/mol. The summed E-state index contributed by atoms with van der Waals surface area (Å²) in [6.45, 7) is 0.329. The molecule has 1 saturated carbocycles. The Labute approximate surface area is 198 Å². The van der Waals surface area contributed by atoms with E-state index in [2.05, 4.69) is 16.3 Å². The molecular formula is C25H26N6O2S. The van der Waals surface area contributed by atoms with Crippen molar-refractivity contribution in [1.82, 2.24) is 24.4 Å². The minimum absolute atomic E-state index is 0.0579. The molecule has 0 saturated heterocycles. The lowest BCUT2D eigenvalue weighted by Gasteiger charge is -2.30. The molecule has 9 heteroatoms. The smallest absolute Gasteiger partial charge is 0.149 e. The van der Waals surface area contributed by atoms with E-state index in [1.165, 1.54) is 6.26 Å². The maximum atomic E-state index is 11.4. The number of hydrogen-bond acceptors (Lipinski definition) is 6. The van der Waals surface area contributed by atoms with Crippen LogP contribution in [0.15, 0.2) is 55.2 Å². The molecule has 8 nitrogen and oxygen atoms in total. The van der Waals surface area contributed by atoms with Gasteiger partial charge in [-0.25, -0.2) is 12.9 Å². The summed E-state index contributed by atoms with van der Waals surface area (Å²) >= 11 is 0. The predicted octanol–water partition coefficient (Wildman–Crippen LogP) is 4.03. The predicted molar refractivity (Wildman–Crippen MR) is 130 cm³/mol. The van der Waals surface area contributed by atoms with Crippen LogP contribution < -0.4 is 0 Å². The fourth-order valence-corrected chi connectivity index (χ4v) is 5.32. The van der Waals surface area contributed by atoms with Crippen LogP contribution in [0.25, 0.3) is 27.8 Å². The lowest BCUT2D eigenvalue weighted by molar-refractivity contribution is 0.360. The molecule has 3 heterocycles.